The standard InChI is InChI=1S/C24H27N5O4/c1-5-25-24(30)23-21(32-3)11-18(12-22(23)33-4)29-15-26-19-10-16(6-7-20(19)29)17-13-27-28(14-17)8-9-31-2/h6-7,10-15H,5,8-9H2,1-4H3,(H,25,30). The van der Waals surface area contributed by atoms with Gasteiger partial charge >= 0.3 is 0 Å². The number of benzene rings is 2. The van der Waals surface area contributed by atoms with Gasteiger partial charge in [-0.15, -0.1) is 0 Å². The van der Waals surface area contributed by atoms with Crippen LogP contribution in [-0.2, 0) is 11.3 Å². The molecule has 0 spiro atoms. The fourth-order valence-electron chi connectivity index (χ4n) is 3.73. The van der Waals surface area contributed by atoms with Crippen molar-refractivity contribution >= 4 is 16.9 Å². The Labute approximate surface area is 191 Å². The Balaban J connectivity index is 1.72. The summed E-state index contributed by atoms with van der Waals surface area (Å²) in [7, 11) is 4.74. The molecular formula is C24H27N5O4. The van der Waals surface area contributed by atoms with E-state index in [0.29, 0.717) is 36.8 Å². The molecule has 0 saturated heterocycles. The Morgan fingerprint density at radius 3 is 2.48 bits per heavy atom. The maximum atomic E-state index is 12.5. The number of nitrogens with zero attached hydrogens (tertiary/aromatic N) is 4. The molecule has 4 aromatic rings. The molecule has 0 aliphatic carbocycles. The van der Waals surface area contributed by atoms with Gasteiger partial charge in [0.2, 0.25) is 0 Å². The highest BCUT2D eigenvalue weighted by Gasteiger charge is 2.20. The summed E-state index contributed by atoms with van der Waals surface area (Å²) in [4.78, 5) is 17.1. The van der Waals surface area contributed by atoms with Crippen molar-refractivity contribution in [3.63, 3.8) is 0 Å². The zero-order valence-electron chi connectivity index (χ0n) is 19.2. The highest BCUT2D eigenvalue weighted by Crippen LogP contribution is 2.34. The molecule has 9 heteroatoms. The minimum Gasteiger partial charge on any atom is -0.496 e. The minimum atomic E-state index is -0.246. The van der Waals surface area contributed by atoms with Crippen molar-refractivity contribution in [3.8, 4) is 28.3 Å². The molecule has 1 N–H and O–H groups in total. The van der Waals surface area contributed by atoms with Gasteiger partial charge in [-0.1, -0.05) is 6.07 Å². The van der Waals surface area contributed by atoms with Crippen LogP contribution in [0.2, 0.25) is 0 Å². The summed E-state index contributed by atoms with van der Waals surface area (Å²) in [6.45, 7) is 3.67. The lowest BCUT2D eigenvalue weighted by Gasteiger charge is -2.15. The van der Waals surface area contributed by atoms with Crippen molar-refractivity contribution in [2.45, 2.75) is 13.5 Å². The van der Waals surface area contributed by atoms with Gasteiger partial charge in [-0.3, -0.25) is 14.0 Å². The molecule has 1 amide bonds. The molecule has 0 unspecified atom stereocenters. The van der Waals surface area contributed by atoms with Crippen LogP contribution >= 0.6 is 0 Å². The van der Waals surface area contributed by atoms with Gasteiger partial charge in [-0.2, -0.15) is 5.10 Å². The smallest absolute Gasteiger partial charge is 0.258 e. The monoisotopic (exact) mass is 449 g/mol. The van der Waals surface area contributed by atoms with Crippen molar-refractivity contribution in [2.24, 2.45) is 0 Å². The van der Waals surface area contributed by atoms with Crippen LogP contribution in [0.1, 0.15) is 17.3 Å². The molecular weight excluding hydrogens is 422 g/mol. The summed E-state index contributed by atoms with van der Waals surface area (Å²) in [6, 6.07) is 9.70. The molecule has 0 aliphatic heterocycles. The van der Waals surface area contributed by atoms with Gasteiger partial charge in [0.25, 0.3) is 5.91 Å². The average molecular weight is 450 g/mol. The van der Waals surface area contributed by atoms with Gasteiger partial charge in [0, 0.05) is 37.5 Å². The van der Waals surface area contributed by atoms with E-state index in [2.05, 4.69) is 15.4 Å². The quantitative estimate of drug-likeness (QED) is 0.422. The summed E-state index contributed by atoms with van der Waals surface area (Å²) >= 11 is 0. The van der Waals surface area contributed by atoms with E-state index in [9.17, 15) is 4.79 Å². The molecule has 0 radical (unpaired) electrons. The maximum Gasteiger partial charge on any atom is 0.258 e. The Morgan fingerprint density at radius 1 is 1.06 bits per heavy atom. The number of nitrogens with one attached hydrogen (secondary N) is 1. The van der Waals surface area contributed by atoms with Crippen LogP contribution in [0.15, 0.2) is 49.1 Å². The predicted octanol–water partition coefficient (Wildman–Crippen LogP) is 3.30. The fourth-order valence-corrected chi connectivity index (χ4v) is 3.73. The van der Waals surface area contributed by atoms with Crippen molar-refractivity contribution < 1.29 is 19.0 Å². The highest BCUT2D eigenvalue weighted by atomic mass is 16.5. The van der Waals surface area contributed by atoms with E-state index in [1.165, 1.54) is 14.2 Å². The van der Waals surface area contributed by atoms with Crippen molar-refractivity contribution in [1.29, 1.82) is 0 Å². The van der Waals surface area contributed by atoms with E-state index in [1.54, 1.807) is 13.4 Å². The molecule has 2 aromatic carbocycles. The number of ether oxygens (including phenoxy) is 3. The first-order valence-electron chi connectivity index (χ1n) is 10.6. The van der Waals surface area contributed by atoms with E-state index in [4.69, 9.17) is 14.2 Å². The largest absolute Gasteiger partial charge is 0.496 e. The first-order valence-corrected chi connectivity index (χ1v) is 10.6. The second-order valence-corrected chi connectivity index (χ2v) is 7.39. The van der Waals surface area contributed by atoms with Gasteiger partial charge < -0.3 is 19.5 Å². The zero-order valence-corrected chi connectivity index (χ0v) is 19.2. The van der Waals surface area contributed by atoms with Crippen LogP contribution in [-0.4, -0.2) is 59.7 Å². The molecule has 0 atom stereocenters. The van der Waals surface area contributed by atoms with Crippen LogP contribution in [0.4, 0.5) is 0 Å². The van der Waals surface area contributed by atoms with Crippen molar-refractivity contribution in [1.82, 2.24) is 24.6 Å². The number of rotatable bonds is 9. The number of carbonyl (C=O) groups excluding carboxylic acids is 1. The lowest BCUT2D eigenvalue weighted by Crippen LogP contribution is -2.24. The molecule has 9 nitrogen and oxygen atoms in total. The third kappa shape index (κ3) is 4.40. The number of hydrogen-bond donors (Lipinski definition) is 1. The van der Waals surface area contributed by atoms with Crippen LogP contribution in [0.25, 0.3) is 27.8 Å². The van der Waals surface area contributed by atoms with Crippen molar-refractivity contribution in [3.05, 3.63) is 54.6 Å². The molecule has 172 valence electrons. The molecule has 33 heavy (non-hydrogen) atoms. The predicted molar refractivity (Wildman–Crippen MR) is 125 cm³/mol. The molecule has 4 rings (SSSR count). The van der Waals surface area contributed by atoms with Gasteiger partial charge in [0.15, 0.2) is 0 Å². The number of fused-ring (bicyclic) bond motifs is 1. The molecule has 2 aromatic heterocycles. The minimum absolute atomic E-state index is 0.246. The van der Waals surface area contributed by atoms with Crippen LogP contribution in [0.5, 0.6) is 11.5 Å². The summed E-state index contributed by atoms with van der Waals surface area (Å²) in [5.41, 5.74) is 4.93. The summed E-state index contributed by atoms with van der Waals surface area (Å²) in [5.74, 6) is 0.610. The molecule has 2 heterocycles. The Bertz CT molecular complexity index is 1250. The lowest BCUT2D eigenvalue weighted by molar-refractivity contribution is 0.0949. The Hall–Kier alpha value is -3.85. The van der Waals surface area contributed by atoms with E-state index in [0.717, 1.165) is 27.8 Å². The van der Waals surface area contributed by atoms with Gasteiger partial charge in [-0.25, -0.2) is 4.98 Å². The Kier molecular flexibility index (Phi) is 6.60. The van der Waals surface area contributed by atoms with E-state index < -0.39 is 0 Å². The molecule has 0 aliphatic rings. The van der Waals surface area contributed by atoms with Crippen LogP contribution in [0.3, 0.4) is 0 Å². The van der Waals surface area contributed by atoms with E-state index >= 15 is 0 Å². The molecule has 0 bridgehead atoms. The topological polar surface area (TPSA) is 92.4 Å². The normalized spacial score (nSPS) is 11.0. The van der Waals surface area contributed by atoms with Crippen LogP contribution in [0, 0.1) is 0 Å². The van der Waals surface area contributed by atoms with Crippen molar-refractivity contribution in [2.75, 3.05) is 34.5 Å². The first-order chi connectivity index (χ1) is 16.1. The van der Waals surface area contributed by atoms with Gasteiger partial charge in [-0.05, 0) is 24.6 Å². The third-order valence-corrected chi connectivity index (χ3v) is 5.37. The second kappa shape index (κ2) is 9.74. The number of amides is 1. The van der Waals surface area contributed by atoms with E-state index in [-0.39, 0.29) is 5.91 Å². The van der Waals surface area contributed by atoms with E-state index in [1.807, 2.05) is 58.9 Å². The number of methoxy groups -OCH3 is 3. The zero-order chi connectivity index (χ0) is 23.4. The number of carbonyl (C=O) groups is 1. The number of aromatic nitrogens is 4. The second-order valence-electron chi connectivity index (χ2n) is 7.39. The lowest BCUT2D eigenvalue weighted by atomic mass is 10.1. The SMILES string of the molecule is CCNC(=O)c1c(OC)cc(-n2cnc3cc(-c4cnn(CCOC)c4)ccc32)cc1OC. The fraction of sp³-hybridized carbons (Fsp3) is 0.292. The molecule has 0 fully saturated rings. The first kappa shape index (κ1) is 22.3. The summed E-state index contributed by atoms with van der Waals surface area (Å²) < 4.78 is 20.0. The Morgan fingerprint density at radius 2 is 1.82 bits per heavy atom. The van der Waals surface area contributed by atoms with Gasteiger partial charge in [0.1, 0.15) is 23.4 Å². The summed E-state index contributed by atoms with van der Waals surface area (Å²) in [5, 5.41) is 7.19. The molecule has 0 saturated carbocycles. The maximum absolute atomic E-state index is 12.5. The van der Waals surface area contributed by atoms with Gasteiger partial charge in [0.05, 0.1) is 50.3 Å². The highest BCUT2D eigenvalue weighted by molar-refractivity contribution is 6.00. The average Bonchev–Trinajstić information content (AvgIpc) is 3.48. The number of hydrogen-bond acceptors (Lipinski definition) is 6. The third-order valence-electron chi connectivity index (χ3n) is 5.37. The van der Waals surface area contributed by atoms with Crippen LogP contribution < -0.4 is 14.8 Å². The number of imidazole rings is 1. The summed E-state index contributed by atoms with van der Waals surface area (Å²) in [6.07, 6.45) is 5.58.